The zero-order valence-electron chi connectivity index (χ0n) is 41.9. The van der Waals surface area contributed by atoms with Crippen molar-refractivity contribution in [3.8, 4) is 0 Å². The summed E-state index contributed by atoms with van der Waals surface area (Å²) >= 11 is 0. The van der Waals surface area contributed by atoms with E-state index in [1.165, 1.54) is 238 Å². The molecule has 0 aromatic rings. The zero-order chi connectivity index (χ0) is 44.9. The molecule has 1 amide bonds. The van der Waals surface area contributed by atoms with Crippen LogP contribution < -0.4 is 5.32 Å². The predicted molar refractivity (Wildman–Crippen MR) is 276 cm³/mol. The van der Waals surface area contributed by atoms with E-state index in [4.69, 9.17) is 0 Å². The van der Waals surface area contributed by atoms with Crippen LogP contribution in [0.1, 0.15) is 296 Å². The molecule has 0 rings (SSSR count). The molecule has 0 aromatic heterocycles. The lowest BCUT2D eigenvalue weighted by Gasteiger charge is -2.19. The van der Waals surface area contributed by atoms with Gasteiger partial charge in [-0.2, -0.15) is 0 Å². The highest BCUT2D eigenvalue weighted by Gasteiger charge is 2.18. The first-order valence-corrected chi connectivity index (χ1v) is 27.9. The maximum atomic E-state index is 12.5. The lowest BCUT2D eigenvalue weighted by Crippen LogP contribution is -2.45. The second kappa shape index (κ2) is 53.7. The molecular formula is C58H109NO3. The summed E-state index contributed by atoms with van der Waals surface area (Å²) in [7, 11) is 0. The van der Waals surface area contributed by atoms with Gasteiger partial charge in [0.05, 0.1) is 18.8 Å². The van der Waals surface area contributed by atoms with Crippen LogP contribution in [0.4, 0.5) is 0 Å². The van der Waals surface area contributed by atoms with E-state index in [2.05, 4.69) is 55.6 Å². The molecule has 4 nitrogen and oxygen atoms in total. The van der Waals surface area contributed by atoms with Crippen LogP contribution in [0.5, 0.6) is 0 Å². The Morgan fingerprint density at radius 1 is 0.387 bits per heavy atom. The second-order valence-corrected chi connectivity index (χ2v) is 19.0. The lowest BCUT2D eigenvalue weighted by molar-refractivity contribution is -0.123. The van der Waals surface area contributed by atoms with E-state index in [9.17, 15) is 15.0 Å². The van der Waals surface area contributed by atoms with Gasteiger partial charge in [-0.3, -0.25) is 4.79 Å². The first-order chi connectivity index (χ1) is 30.7. The number of rotatable bonds is 51. The predicted octanol–water partition coefficient (Wildman–Crippen LogP) is 18.3. The number of aliphatic hydroxyl groups is 2. The van der Waals surface area contributed by atoms with Crippen molar-refractivity contribution in [2.75, 3.05) is 6.61 Å². The third kappa shape index (κ3) is 49.4. The molecule has 364 valence electrons. The van der Waals surface area contributed by atoms with E-state index in [1.54, 1.807) is 6.08 Å². The monoisotopic (exact) mass is 868 g/mol. The molecule has 2 atom stereocenters. The first kappa shape index (κ1) is 60.4. The molecule has 0 radical (unpaired) electrons. The van der Waals surface area contributed by atoms with Gasteiger partial charge in [-0.25, -0.2) is 0 Å². The Balaban J connectivity index is 3.49. The molecule has 0 aliphatic carbocycles. The van der Waals surface area contributed by atoms with Crippen molar-refractivity contribution in [2.24, 2.45) is 0 Å². The summed E-state index contributed by atoms with van der Waals surface area (Å²) in [6, 6.07) is -0.639. The van der Waals surface area contributed by atoms with Crippen molar-refractivity contribution in [3.63, 3.8) is 0 Å². The van der Waals surface area contributed by atoms with Crippen molar-refractivity contribution in [3.05, 3.63) is 48.6 Å². The van der Waals surface area contributed by atoms with Gasteiger partial charge in [-0.1, -0.05) is 274 Å². The summed E-state index contributed by atoms with van der Waals surface area (Å²) in [4.78, 5) is 12.5. The van der Waals surface area contributed by atoms with E-state index in [-0.39, 0.29) is 12.5 Å². The number of allylic oxidation sites excluding steroid dienone is 7. The fraction of sp³-hybridized carbons (Fsp3) is 0.845. The molecule has 3 N–H and O–H groups in total. The van der Waals surface area contributed by atoms with E-state index in [1.807, 2.05) is 6.08 Å². The van der Waals surface area contributed by atoms with Crippen LogP contribution in [-0.4, -0.2) is 34.9 Å². The van der Waals surface area contributed by atoms with Gasteiger partial charge in [0.1, 0.15) is 0 Å². The average Bonchev–Trinajstić information content (AvgIpc) is 3.28. The number of unbranched alkanes of at least 4 members (excludes halogenated alkanes) is 38. The van der Waals surface area contributed by atoms with E-state index < -0.39 is 12.1 Å². The van der Waals surface area contributed by atoms with Gasteiger partial charge in [-0.15, -0.1) is 0 Å². The Morgan fingerprint density at radius 3 is 1.03 bits per heavy atom. The van der Waals surface area contributed by atoms with Crippen molar-refractivity contribution in [1.29, 1.82) is 0 Å². The van der Waals surface area contributed by atoms with Gasteiger partial charge in [0.25, 0.3) is 0 Å². The quantitative estimate of drug-likeness (QED) is 0.0421. The van der Waals surface area contributed by atoms with Crippen LogP contribution in [0.3, 0.4) is 0 Å². The molecule has 0 saturated heterocycles. The van der Waals surface area contributed by atoms with Gasteiger partial charge in [-0.05, 0) is 64.2 Å². The summed E-state index contributed by atoms with van der Waals surface area (Å²) in [5.74, 6) is -0.0699. The van der Waals surface area contributed by atoms with Crippen LogP contribution in [0.25, 0.3) is 0 Å². The Hall–Kier alpha value is -1.65. The number of amides is 1. The minimum absolute atomic E-state index is 0.0699. The highest BCUT2D eigenvalue weighted by atomic mass is 16.3. The molecule has 0 saturated carbocycles. The van der Waals surface area contributed by atoms with Crippen molar-refractivity contribution in [1.82, 2.24) is 5.32 Å². The van der Waals surface area contributed by atoms with Gasteiger partial charge >= 0.3 is 0 Å². The van der Waals surface area contributed by atoms with Gasteiger partial charge in [0.15, 0.2) is 0 Å². The summed E-state index contributed by atoms with van der Waals surface area (Å²) in [6.07, 6.45) is 74.2. The summed E-state index contributed by atoms with van der Waals surface area (Å²) in [5, 5.41) is 23.1. The summed E-state index contributed by atoms with van der Waals surface area (Å²) in [5.41, 5.74) is 0. The van der Waals surface area contributed by atoms with Crippen molar-refractivity contribution < 1.29 is 15.0 Å². The minimum atomic E-state index is -0.862. The summed E-state index contributed by atoms with van der Waals surface area (Å²) in [6.45, 7) is 4.31. The molecule has 62 heavy (non-hydrogen) atoms. The fourth-order valence-corrected chi connectivity index (χ4v) is 8.52. The fourth-order valence-electron chi connectivity index (χ4n) is 8.52. The standard InChI is InChI=1S/C58H109NO3/c1-3-5-7-9-11-13-15-17-19-21-23-24-25-26-27-28-29-30-31-32-33-34-36-38-40-42-44-46-48-50-52-54-58(62)59-56(55-60)57(61)53-51-49-47-45-43-41-39-37-35-22-20-18-16-14-12-10-8-6-4-2/h15,17,21,23,43,45,51,53,56-57,60-61H,3-14,16,18-20,22,24-42,44,46-50,52,54-55H2,1-2H3,(H,59,62)/b17-15-,23-21-,45-43+,53-51+. The third-order valence-corrected chi connectivity index (χ3v) is 12.8. The molecule has 0 bridgehead atoms. The molecule has 0 aliphatic heterocycles. The van der Waals surface area contributed by atoms with Crippen LogP contribution in [-0.2, 0) is 4.79 Å². The van der Waals surface area contributed by atoms with Gasteiger partial charge in [0, 0.05) is 6.42 Å². The van der Waals surface area contributed by atoms with Crippen LogP contribution in [0.15, 0.2) is 48.6 Å². The number of carbonyl (C=O) groups excluding carboxylic acids is 1. The molecule has 0 heterocycles. The van der Waals surface area contributed by atoms with Crippen LogP contribution >= 0.6 is 0 Å². The molecule has 0 spiro atoms. The first-order valence-electron chi connectivity index (χ1n) is 27.9. The molecular weight excluding hydrogens is 759 g/mol. The number of carbonyl (C=O) groups is 1. The Kier molecular flexibility index (Phi) is 52.3. The van der Waals surface area contributed by atoms with Crippen molar-refractivity contribution in [2.45, 2.75) is 309 Å². The Labute approximate surface area is 388 Å². The lowest BCUT2D eigenvalue weighted by atomic mass is 10.0. The SMILES string of the molecule is CCCCCCC/C=C\C/C=C\CCCCCCCCCCCCCCCCCCCCCC(=O)NC(CO)C(O)/C=C/CC/C=C/CCCCCCCCCCCCCCC. The van der Waals surface area contributed by atoms with Crippen molar-refractivity contribution >= 4 is 5.91 Å². The molecule has 2 unspecified atom stereocenters. The summed E-state index contributed by atoms with van der Waals surface area (Å²) < 4.78 is 0. The number of nitrogens with one attached hydrogen (secondary N) is 1. The number of aliphatic hydroxyl groups excluding tert-OH is 2. The highest BCUT2D eigenvalue weighted by molar-refractivity contribution is 5.76. The Bertz CT molecular complexity index is 985. The Morgan fingerprint density at radius 2 is 0.677 bits per heavy atom. The van der Waals surface area contributed by atoms with Gasteiger partial charge in [0.2, 0.25) is 5.91 Å². The maximum Gasteiger partial charge on any atom is 0.220 e. The number of hydrogen-bond donors (Lipinski definition) is 3. The smallest absolute Gasteiger partial charge is 0.220 e. The highest BCUT2D eigenvalue weighted by Crippen LogP contribution is 2.17. The second-order valence-electron chi connectivity index (χ2n) is 19.0. The van der Waals surface area contributed by atoms with Crippen LogP contribution in [0.2, 0.25) is 0 Å². The number of hydrogen-bond acceptors (Lipinski definition) is 3. The van der Waals surface area contributed by atoms with Crippen LogP contribution in [0, 0.1) is 0 Å². The normalized spacial score (nSPS) is 13.2. The van der Waals surface area contributed by atoms with E-state index >= 15 is 0 Å². The van der Waals surface area contributed by atoms with E-state index in [0.717, 1.165) is 38.5 Å². The molecule has 0 aromatic carbocycles. The molecule has 4 heteroatoms. The average molecular weight is 869 g/mol. The largest absolute Gasteiger partial charge is 0.394 e. The maximum absolute atomic E-state index is 12.5. The minimum Gasteiger partial charge on any atom is -0.394 e. The topological polar surface area (TPSA) is 69.6 Å². The zero-order valence-corrected chi connectivity index (χ0v) is 41.9. The third-order valence-electron chi connectivity index (χ3n) is 12.8. The molecule has 0 fully saturated rings. The molecule has 0 aliphatic rings. The van der Waals surface area contributed by atoms with E-state index in [0.29, 0.717) is 6.42 Å². The van der Waals surface area contributed by atoms with Gasteiger partial charge < -0.3 is 15.5 Å².